The van der Waals surface area contributed by atoms with Gasteiger partial charge in [0, 0.05) is 22.7 Å². The molecule has 0 spiro atoms. The van der Waals surface area contributed by atoms with Gasteiger partial charge in [0.05, 0.1) is 5.69 Å². The van der Waals surface area contributed by atoms with Gasteiger partial charge in [-0.05, 0) is 31.2 Å². The Balaban J connectivity index is 1.99. The molecule has 0 unspecified atom stereocenters. The van der Waals surface area contributed by atoms with Crippen LogP contribution in [0.25, 0.3) is 16.4 Å². The maximum absolute atomic E-state index is 12.9. The number of anilines is 1. The molecule has 0 atom stereocenters. The Labute approximate surface area is 113 Å². The van der Waals surface area contributed by atoms with Gasteiger partial charge in [0.1, 0.15) is 11.6 Å². The molecule has 1 aromatic carbocycles. The van der Waals surface area contributed by atoms with Crippen molar-refractivity contribution in [2.24, 2.45) is 0 Å². The van der Waals surface area contributed by atoms with Gasteiger partial charge < -0.3 is 5.73 Å². The third-order valence-electron chi connectivity index (χ3n) is 2.72. The van der Waals surface area contributed by atoms with Crippen LogP contribution in [0.3, 0.4) is 0 Å². The lowest BCUT2D eigenvalue weighted by molar-refractivity contribution is 0.628. The molecule has 0 saturated heterocycles. The molecule has 2 aromatic heterocycles. The SMILES string of the molecule is Cc1cc(N)nn1-c1nc(-c2ccc(F)cc2)cs1. The van der Waals surface area contributed by atoms with Crippen LogP contribution in [0.4, 0.5) is 10.2 Å². The summed E-state index contributed by atoms with van der Waals surface area (Å²) in [5.74, 6) is 0.214. The zero-order valence-corrected chi connectivity index (χ0v) is 11.0. The number of hydrogen-bond acceptors (Lipinski definition) is 4. The van der Waals surface area contributed by atoms with Crippen molar-refractivity contribution in [2.75, 3.05) is 5.73 Å². The van der Waals surface area contributed by atoms with Gasteiger partial charge in [0.25, 0.3) is 0 Å². The van der Waals surface area contributed by atoms with E-state index in [1.54, 1.807) is 22.9 Å². The first-order valence-corrected chi connectivity index (χ1v) is 6.55. The Bertz CT molecular complexity index is 715. The van der Waals surface area contributed by atoms with Gasteiger partial charge in [-0.25, -0.2) is 14.1 Å². The number of benzene rings is 1. The van der Waals surface area contributed by atoms with E-state index in [2.05, 4.69) is 10.1 Å². The molecule has 2 N–H and O–H groups in total. The van der Waals surface area contributed by atoms with E-state index < -0.39 is 0 Å². The average molecular weight is 274 g/mol. The second-order valence-corrected chi connectivity index (χ2v) is 4.98. The van der Waals surface area contributed by atoms with E-state index in [-0.39, 0.29) is 5.82 Å². The van der Waals surface area contributed by atoms with Crippen LogP contribution in [0.5, 0.6) is 0 Å². The lowest BCUT2D eigenvalue weighted by atomic mass is 10.2. The standard InChI is InChI=1S/C13H11FN4S/c1-8-6-12(15)17-18(8)13-16-11(7-19-13)9-2-4-10(14)5-3-9/h2-7H,1H3,(H2,15,17). The smallest absolute Gasteiger partial charge is 0.211 e. The largest absolute Gasteiger partial charge is 0.382 e. The summed E-state index contributed by atoms with van der Waals surface area (Å²) in [6.07, 6.45) is 0. The molecule has 0 amide bonds. The van der Waals surface area contributed by atoms with Crippen molar-refractivity contribution in [1.29, 1.82) is 0 Å². The van der Waals surface area contributed by atoms with E-state index in [0.29, 0.717) is 5.82 Å². The van der Waals surface area contributed by atoms with Gasteiger partial charge >= 0.3 is 0 Å². The Morgan fingerprint density at radius 3 is 2.63 bits per heavy atom. The Morgan fingerprint density at radius 1 is 1.26 bits per heavy atom. The molecule has 0 radical (unpaired) electrons. The zero-order valence-electron chi connectivity index (χ0n) is 10.2. The van der Waals surface area contributed by atoms with Gasteiger partial charge in [0.15, 0.2) is 0 Å². The van der Waals surface area contributed by atoms with Crippen LogP contribution in [0, 0.1) is 12.7 Å². The zero-order chi connectivity index (χ0) is 13.4. The van der Waals surface area contributed by atoms with E-state index >= 15 is 0 Å². The minimum absolute atomic E-state index is 0.255. The minimum Gasteiger partial charge on any atom is -0.382 e. The van der Waals surface area contributed by atoms with Gasteiger partial charge in [-0.1, -0.05) is 0 Å². The third kappa shape index (κ3) is 2.22. The summed E-state index contributed by atoms with van der Waals surface area (Å²) >= 11 is 1.47. The number of aryl methyl sites for hydroxylation is 1. The number of halogens is 1. The number of nitrogens with zero attached hydrogens (tertiary/aromatic N) is 3. The summed E-state index contributed by atoms with van der Waals surface area (Å²) in [5.41, 5.74) is 8.26. The van der Waals surface area contributed by atoms with Crippen molar-refractivity contribution >= 4 is 17.2 Å². The number of aromatic nitrogens is 3. The highest BCUT2D eigenvalue weighted by atomic mass is 32.1. The van der Waals surface area contributed by atoms with Crippen LogP contribution in [-0.4, -0.2) is 14.8 Å². The number of nitrogens with two attached hydrogens (primary N) is 1. The van der Waals surface area contributed by atoms with Gasteiger partial charge in [0.2, 0.25) is 5.13 Å². The number of thiazole rings is 1. The molecule has 3 aromatic rings. The molecule has 3 rings (SSSR count). The summed E-state index contributed by atoms with van der Waals surface area (Å²) in [6.45, 7) is 1.92. The predicted molar refractivity (Wildman–Crippen MR) is 73.8 cm³/mol. The molecule has 2 heterocycles. The summed E-state index contributed by atoms with van der Waals surface area (Å²) in [4.78, 5) is 4.50. The Kier molecular flexibility index (Phi) is 2.79. The second-order valence-electron chi connectivity index (χ2n) is 4.14. The van der Waals surface area contributed by atoms with Crippen molar-refractivity contribution in [2.45, 2.75) is 6.92 Å². The monoisotopic (exact) mass is 274 g/mol. The van der Waals surface area contributed by atoms with Crippen molar-refractivity contribution in [1.82, 2.24) is 14.8 Å². The Morgan fingerprint density at radius 2 is 2.00 bits per heavy atom. The van der Waals surface area contributed by atoms with E-state index in [4.69, 9.17) is 5.73 Å². The van der Waals surface area contributed by atoms with Gasteiger partial charge in [-0.3, -0.25) is 0 Å². The normalized spacial score (nSPS) is 10.8. The Hall–Kier alpha value is -2.21. The molecular weight excluding hydrogens is 263 g/mol. The molecule has 0 saturated carbocycles. The maximum atomic E-state index is 12.9. The van der Waals surface area contributed by atoms with Crippen molar-refractivity contribution in [3.63, 3.8) is 0 Å². The second kappa shape index (κ2) is 4.47. The van der Waals surface area contributed by atoms with E-state index in [9.17, 15) is 4.39 Å². The highest BCUT2D eigenvalue weighted by Gasteiger charge is 2.10. The van der Waals surface area contributed by atoms with E-state index in [1.807, 2.05) is 12.3 Å². The molecule has 19 heavy (non-hydrogen) atoms. The van der Waals surface area contributed by atoms with Crippen LogP contribution >= 0.6 is 11.3 Å². The molecule has 0 aliphatic rings. The summed E-state index contributed by atoms with van der Waals surface area (Å²) < 4.78 is 14.6. The first kappa shape index (κ1) is 11.9. The molecule has 0 aliphatic carbocycles. The van der Waals surface area contributed by atoms with Gasteiger partial charge in [-0.15, -0.1) is 16.4 Å². The van der Waals surface area contributed by atoms with E-state index in [1.165, 1.54) is 23.5 Å². The number of rotatable bonds is 2. The highest BCUT2D eigenvalue weighted by Crippen LogP contribution is 2.25. The quantitative estimate of drug-likeness (QED) is 0.781. The van der Waals surface area contributed by atoms with Crippen LogP contribution < -0.4 is 5.73 Å². The fraction of sp³-hybridized carbons (Fsp3) is 0.0769. The molecule has 96 valence electrons. The fourth-order valence-electron chi connectivity index (χ4n) is 1.81. The lowest BCUT2D eigenvalue weighted by Crippen LogP contribution is -1.98. The van der Waals surface area contributed by atoms with Gasteiger partial charge in [-0.2, -0.15) is 0 Å². The van der Waals surface area contributed by atoms with Crippen molar-refractivity contribution < 1.29 is 4.39 Å². The number of nitrogen functional groups attached to an aromatic ring is 1. The molecule has 6 heteroatoms. The van der Waals surface area contributed by atoms with Crippen LogP contribution in [0.2, 0.25) is 0 Å². The van der Waals surface area contributed by atoms with Crippen LogP contribution in [-0.2, 0) is 0 Å². The molecule has 0 aliphatic heterocycles. The topological polar surface area (TPSA) is 56.7 Å². The first-order valence-electron chi connectivity index (χ1n) is 5.67. The third-order valence-corrected chi connectivity index (χ3v) is 3.54. The molecule has 0 bridgehead atoms. The molecule has 4 nitrogen and oxygen atoms in total. The fourth-order valence-corrected chi connectivity index (χ4v) is 2.65. The van der Waals surface area contributed by atoms with Crippen molar-refractivity contribution in [3.8, 4) is 16.4 Å². The first-order chi connectivity index (χ1) is 9.13. The summed E-state index contributed by atoms with van der Waals surface area (Å²) in [6, 6.07) is 8.05. The van der Waals surface area contributed by atoms with Crippen LogP contribution in [0.1, 0.15) is 5.69 Å². The summed E-state index contributed by atoms with van der Waals surface area (Å²) in [7, 11) is 0. The summed E-state index contributed by atoms with van der Waals surface area (Å²) in [5, 5.41) is 6.84. The van der Waals surface area contributed by atoms with Crippen LogP contribution in [0.15, 0.2) is 35.7 Å². The minimum atomic E-state index is -0.255. The maximum Gasteiger partial charge on any atom is 0.211 e. The van der Waals surface area contributed by atoms with Crippen molar-refractivity contribution in [3.05, 3.63) is 47.2 Å². The molecule has 0 fully saturated rings. The predicted octanol–water partition coefficient (Wildman–Crippen LogP) is 3.03. The number of hydrogen-bond donors (Lipinski definition) is 1. The average Bonchev–Trinajstić information content (AvgIpc) is 2.97. The molecular formula is C13H11FN4S. The lowest BCUT2D eigenvalue weighted by Gasteiger charge is -1.98. The van der Waals surface area contributed by atoms with E-state index in [0.717, 1.165) is 22.1 Å². The highest BCUT2D eigenvalue weighted by molar-refractivity contribution is 7.12.